The van der Waals surface area contributed by atoms with Crippen LogP contribution in [-0.4, -0.2) is 25.2 Å². The highest BCUT2D eigenvalue weighted by atomic mass is 16.5. The van der Waals surface area contributed by atoms with Crippen LogP contribution >= 0.6 is 0 Å². The lowest BCUT2D eigenvalue weighted by Crippen LogP contribution is -2.19. The van der Waals surface area contributed by atoms with Crippen LogP contribution in [0, 0.1) is 0 Å². The monoisotopic (exact) mass is 207 g/mol. The molecule has 0 aromatic heterocycles. The first-order valence-corrected chi connectivity index (χ1v) is 4.90. The van der Waals surface area contributed by atoms with Crippen molar-refractivity contribution in [2.24, 2.45) is 5.73 Å². The summed E-state index contributed by atoms with van der Waals surface area (Å²) in [6.45, 7) is 1.29. The Morgan fingerprint density at radius 2 is 2.27 bits per heavy atom. The van der Waals surface area contributed by atoms with Crippen LogP contribution in [0.2, 0.25) is 0 Å². The Kier molecular flexibility index (Phi) is 2.87. The number of carbonyl (C=O) groups excluding carboxylic acids is 1. The molecule has 2 N–H and O–H groups in total. The minimum absolute atomic E-state index is 0.0329. The maximum Gasteiger partial charge on any atom is 0.252 e. The average molecular weight is 207 g/mol. The zero-order valence-electron chi connectivity index (χ0n) is 8.31. The molecule has 80 valence electrons. The predicted octanol–water partition coefficient (Wildman–Crippen LogP) is 0.953. The van der Waals surface area contributed by atoms with Crippen LogP contribution in [0.25, 0.3) is 0 Å². The minimum Gasteiger partial charge on any atom is -0.487 e. The summed E-state index contributed by atoms with van der Waals surface area (Å²) < 4.78 is 10.8. The summed E-state index contributed by atoms with van der Waals surface area (Å²) in [6, 6.07) is 6.99. The van der Waals surface area contributed by atoms with Gasteiger partial charge in [-0.15, -0.1) is 0 Å². The number of primary amides is 1. The molecule has 15 heavy (non-hydrogen) atoms. The molecule has 4 heteroatoms. The first-order valence-electron chi connectivity index (χ1n) is 4.90. The third kappa shape index (κ3) is 2.27. The van der Waals surface area contributed by atoms with Crippen LogP contribution in [0.15, 0.2) is 24.3 Å². The first-order chi connectivity index (χ1) is 7.27. The summed E-state index contributed by atoms with van der Waals surface area (Å²) in [5.74, 6) is 0.0741. The lowest BCUT2D eigenvalue weighted by Gasteiger charge is -2.13. The maximum atomic E-state index is 11.1. The number of nitrogens with two attached hydrogens (primary N) is 1. The van der Waals surface area contributed by atoms with Crippen LogP contribution in [0.3, 0.4) is 0 Å². The highest BCUT2D eigenvalue weighted by molar-refractivity contribution is 5.95. The summed E-state index contributed by atoms with van der Waals surface area (Å²) in [6.07, 6.45) is 0.887. The van der Waals surface area contributed by atoms with E-state index in [-0.39, 0.29) is 6.10 Å². The number of hydrogen-bond donors (Lipinski definition) is 1. The number of hydrogen-bond acceptors (Lipinski definition) is 3. The highest BCUT2D eigenvalue weighted by Crippen LogP contribution is 2.21. The number of carbonyl (C=O) groups is 1. The fourth-order valence-electron chi connectivity index (χ4n) is 1.56. The normalized spacial score (nSPS) is 20.1. The molecule has 1 aliphatic rings. The number of para-hydroxylation sites is 1. The lowest BCUT2D eigenvalue weighted by molar-refractivity contribution is 0.0989. The van der Waals surface area contributed by atoms with Gasteiger partial charge in [0.05, 0.1) is 18.8 Å². The molecule has 4 nitrogen and oxygen atoms in total. The van der Waals surface area contributed by atoms with Crippen molar-refractivity contribution in [2.75, 3.05) is 13.2 Å². The molecule has 1 aromatic rings. The molecule has 0 radical (unpaired) electrons. The quantitative estimate of drug-likeness (QED) is 0.802. The molecule has 0 spiro atoms. The van der Waals surface area contributed by atoms with Gasteiger partial charge >= 0.3 is 0 Å². The van der Waals surface area contributed by atoms with E-state index in [9.17, 15) is 4.79 Å². The zero-order chi connectivity index (χ0) is 10.7. The fourth-order valence-corrected chi connectivity index (χ4v) is 1.56. The van der Waals surface area contributed by atoms with Crippen molar-refractivity contribution in [2.45, 2.75) is 12.5 Å². The van der Waals surface area contributed by atoms with Crippen molar-refractivity contribution in [3.05, 3.63) is 29.8 Å². The second kappa shape index (κ2) is 4.31. The van der Waals surface area contributed by atoms with E-state index < -0.39 is 5.91 Å². The van der Waals surface area contributed by atoms with E-state index in [4.69, 9.17) is 15.2 Å². The predicted molar refractivity (Wildman–Crippen MR) is 54.8 cm³/mol. The molecule has 1 saturated heterocycles. The van der Waals surface area contributed by atoms with Gasteiger partial charge in [-0.3, -0.25) is 4.79 Å². The van der Waals surface area contributed by atoms with Gasteiger partial charge in [0.1, 0.15) is 11.9 Å². The Balaban J connectivity index is 2.15. The molecule has 1 aromatic carbocycles. The molecular formula is C11H13NO3. The van der Waals surface area contributed by atoms with Gasteiger partial charge in [0.25, 0.3) is 5.91 Å². The van der Waals surface area contributed by atoms with E-state index in [1.165, 1.54) is 0 Å². The summed E-state index contributed by atoms with van der Waals surface area (Å²) in [5.41, 5.74) is 5.66. The lowest BCUT2D eigenvalue weighted by atomic mass is 10.2. The molecule has 2 rings (SSSR count). The Morgan fingerprint density at radius 3 is 2.93 bits per heavy atom. The smallest absolute Gasteiger partial charge is 0.252 e. The molecule has 1 heterocycles. The summed E-state index contributed by atoms with van der Waals surface area (Å²) in [5, 5.41) is 0. The van der Waals surface area contributed by atoms with E-state index in [1.54, 1.807) is 18.2 Å². The molecule has 1 fully saturated rings. The zero-order valence-corrected chi connectivity index (χ0v) is 8.31. The van der Waals surface area contributed by atoms with E-state index in [2.05, 4.69) is 0 Å². The Labute approximate surface area is 88.0 Å². The maximum absolute atomic E-state index is 11.1. The highest BCUT2D eigenvalue weighted by Gasteiger charge is 2.19. The molecule has 0 saturated carbocycles. The summed E-state index contributed by atoms with van der Waals surface area (Å²) >= 11 is 0. The van der Waals surface area contributed by atoms with Gasteiger partial charge in [0.15, 0.2) is 0 Å². The van der Waals surface area contributed by atoms with Crippen molar-refractivity contribution in [1.82, 2.24) is 0 Å². The second-order valence-electron chi connectivity index (χ2n) is 3.46. The van der Waals surface area contributed by atoms with Crippen LogP contribution in [0.4, 0.5) is 0 Å². The van der Waals surface area contributed by atoms with Crippen LogP contribution < -0.4 is 10.5 Å². The topological polar surface area (TPSA) is 61.6 Å². The van der Waals surface area contributed by atoms with Crippen molar-refractivity contribution >= 4 is 5.91 Å². The van der Waals surface area contributed by atoms with Gasteiger partial charge < -0.3 is 15.2 Å². The van der Waals surface area contributed by atoms with Crippen LogP contribution in [0.1, 0.15) is 16.8 Å². The Hall–Kier alpha value is -1.55. The van der Waals surface area contributed by atoms with Crippen molar-refractivity contribution in [1.29, 1.82) is 0 Å². The molecule has 0 bridgehead atoms. The second-order valence-corrected chi connectivity index (χ2v) is 3.46. The van der Waals surface area contributed by atoms with E-state index in [0.717, 1.165) is 6.42 Å². The minimum atomic E-state index is -0.468. The van der Waals surface area contributed by atoms with E-state index >= 15 is 0 Å². The SMILES string of the molecule is NC(=O)c1ccccc1O[C@H]1CCOC1. The number of benzene rings is 1. The van der Waals surface area contributed by atoms with E-state index in [1.807, 2.05) is 6.07 Å². The average Bonchev–Trinajstić information content (AvgIpc) is 2.71. The van der Waals surface area contributed by atoms with Gasteiger partial charge in [-0.2, -0.15) is 0 Å². The number of ether oxygens (including phenoxy) is 2. The van der Waals surface area contributed by atoms with Crippen molar-refractivity contribution in [3.63, 3.8) is 0 Å². The number of rotatable bonds is 3. The first kappa shape index (κ1) is 9.98. The van der Waals surface area contributed by atoms with Crippen LogP contribution in [0.5, 0.6) is 5.75 Å². The summed E-state index contributed by atoms with van der Waals surface area (Å²) in [7, 11) is 0. The van der Waals surface area contributed by atoms with Crippen molar-refractivity contribution in [3.8, 4) is 5.75 Å². The molecule has 1 aliphatic heterocycles. The molecule has 1 amide bonds. The Bertz CT molecular complexity index is 359. The summed E-state index contributed by atoms with van der Waals surface area (Å²) in [4.78, 5) is 11.1. The standard InChI is InChI=1S/C11H13NO3/c12-11(13)9-3-1-2-4-10(9)15-8-5-6-14-7-8/h1-4,8H,5-7H2,(H2,12,13)/t8-/m0/s1. The van der Waals surface area contributed by atoms with E-state index in [0.29, 0.717) is 24.5 Å². The Morgan fingerprint density at radius 1 is 1.47 bits per heavy atom. The number of amides is 1. The fraction of sp³-hybridized carbons (Fsp3) is 0.364. The van der Waals surface area contributed by atoms with Gasteiger partial charge in [0, 0.05) is 6.42 Å². The molecule has 0 unspecified atom stereocenters. The third-order valence-electron chi connectivity index (χ3n) is 2.33. The van der Waals surface area contributed by atoms with Gasteiger partial charge in [-0.25, -0.2) is 0 Å². The molecular weight excluding hydrogens is 194 g/mol. The van der Waals surface area contributed by atoms with Gasteiger partial charge in [0.2, 0.25) is 0 Å². The van der Waals surface area contributed by atoms with Gasteiger partial charge in [-0.05, 0) is 12.1 Å². The molecule has 0 aliphatic carbocycles. The largest absolute Gasteiger partial charge is 0.487 e. The third-order valence-corrected chi connectivity index (χ3v) is 2.33. The molecule has 1 atom stereocenters. The van der Waals surface area contributed by atoms with Crippen molar-refractivity contribution < 1.29 is 14.3 Å². The van der Waals surface area contributed by atoms with Crippen LogP contribution in [-0.2, 0) is 4.74 Å². The van der Waals surface area contributed by atoms with Gasteiger partial charge in [-0.1, -0.05) is 12.1 Å².